The van der Waals surface area contributed by atoms with Crippen LogP contribution in [0.4, 0.5) is 5.69 Å². The van der Waals surface area contributed by atoms with E-state index in [9.17, 15) is 4.79 Å². The van der Waals surface area contributed by atoms with Crippen LogP contribution in [0.25, 0.3) is 10.9 Å². The van der Waals surface area contributed by atoms with Crippen LogP contribution in [-0.4, -0.2) is 16.9 Å². The summed E-state index contributed by atoms with van der Waals surface area (Å²) >= 11 is 0. The fourth-order valence-corrected chi connectivity index (χ4v) is 2.25. The topological polar surface area (TPSA) is 70.9 Å². The Morgan fingerprint density at radius 1 is 1.44 bits per heavy atom. The van der Waals surface area contributed by atoms with E-state index in [-0.39, 0.29) is 11.9 Å². The molecule has 4 N–H and O–H groups in total. The third kappa shape index (κ3) is 2.38. The second kappa shape index (κ2) is 4.46. The maximum absolute atomic E-state index is 11.8. The molecule has 4 nitrogen and oxygen atoms in total. The quantitative estimate of drug-likeness (QED) is 0.770. The Morgan fingerprint density at radius 2 is 2.28 bits per heavy atom. The average Bonchev–Trinajstić information content (AvgIpc) is 3.08. The molecule has 1 amide bonds. The maximum atomic E-state index is 11.8. The minimum absolute atomic E-state index is 0.00397. The number of amides is 1. The van der Waals surface area contributed by atoms with Gasteiger partial charge in [0, 0.05) is 35.2 Å². The van der Waals surface area contributed by atoms with Crippen LogP contribution in [0.1, 0.15) is 19.3 Å². The van der Waals surface area contributed by atoms with Gasteiger partial charge in [0.15, 0.2) is 0 Å². The van der Waals surface area contributed by atoms with E-state index in [1.165, 1.54) is 12.8 Å². The van der Waals surface area contributed by atoms with Gasteiger partial charge in [0.2, 0.25) is 5.91 Å². The van der Waals surface area contributed by atoms with Gasteiger partial charge < -0.3 is 16.0 Å². The molecule has 1 aliphatic rings. The molecule has 0 aliphatic heterocycles. The Hall–Kier alpha value is -1.81. The highest BCUT2D eigenvalue weighted by atomic mass is 16.1. The first-order chi connectivity index (χ1) is 8.72. The minimum Gasteiger partial charge on any atom is -0.361 e. The molecule has 1 atom stereocenters. The zero-order valence-corrected chi connectivity index (χ0v) is 10.1. The molecule has 0 bridgehead atoms. The number of carbonyl (C=O) groups is 1. The Labute approximate surface area is 106 Å². The lowest BCUT2D eigenvalue weighted by Crippen LogP contribution is -2.28. The molecule has 18 heavy (non-hydrogen) atoms. The molecule has 94 valence electrons. The molecule has 4 heteroatoms. The van der Waals surface area contributed by atoms with Crippen molar-refractivity contribution < 1.29 is 4.79 Å². The van der Waals surface area contributed by atoms with Crippen molar-refractivity contribution in [2.75, 3.05) is 5.32 Å². The Kier molecular flexibility index (Phi) is 2.80. The Balaban J connectivity index is 1.65. The van der Waals surface area contributed by atoms with Crippen molar-refractivity contribution in [3.63, 3.8) is 0 Å². The first-order valence-corrected chi connectivity index (χ1v) is 6.35. The van der Waals surface area contributed by atoms with Gasteiger partial charge in [0.1, 0.15) is 0 Å². The number of carbonyl (C=O) groups excluding carboxylic acids is 1. The number of anilines is 1. The van der Waals surface area contributed by atoms with Crippen LogP contribution >= 0.6 is 0 Å². The molecule has 1 fully saturated rings. The number of hydrogen-bond donors (Lipinski definition) is 3. The largest absolute Gasteiger partial charge is 0.361 e. The summed E-state index contributed by atoms with van der Waals surface area (Å²) in [5, 5.41) is 4.00. The van der Waals surface area contributed by atoms with Crippen molar-refractivity contribution in [2.45, 2.75) is 25.3 Å². The summed E-state index contributed by atoms with van der Waals surface area (Å²) in [5.41, 5.74) is 7.84. The number of hydrogen-bond acceptors (Lipinski definition) is 2. The van der Waals surface area contributed by atoms with E-state index in [4.69, 9.17) is 5.73 Å². The van der Waals surface area contributed by atoms with Crippen molar-refractivity contribution >= 4 is 22.5 Å². The van der Waals surface area contributed by atoms with Crippen molar-refractivity contribution in [2.24, 2.45) is 11.7 Å². The van der Waals surface area contributed by atoms with Gasteiger partial charge in [-0.15, -0.1) is 0 Å². The van der Waals surface area contributed by atoms with Crippen molar-refractivity contribution in [1.82, 2.24) is 4.98 Å². The number of fused-ring (bicyclic) bond motifs is 1. The number of nitrogens with one attached hydrogen (secondary N) is 2. The molecule has 1 saturated carbocycles. The van der Waals surface area contributed by atoms with Crippen LogP contribution in [0.15, 0.2) is 30.5 Å². The number of aromatic nitrogens is 1. The summed E-state index contributed by atoms with van der Waals surface area (Å²) in [5.74, 6) is 0.562. The summed E-state index contributed by atoms with van der Waals surface area (Å²) in [7, 11) is 0. The molecular weight excluding hydrogens is 226 g/mol. The normalized spacial score (nSPS) is 16.7. The number of rotatable bonds is 4. The van der Waals surface area contributed by atoms with Crippen LogP contribution in [-0.2, 0) is 4.79 Å². The maximum Gasteiger partial charge on any atom is 0.225 e. The molecule has 0 radical (unpaired) electrons. The number of H-pyrrole nitrogens is 1. The molecule has 1 heterocycles. The van der Waals surface area contributed by atoms with E-state index in [2.05, 4.69) is 10.3 Å². The van der Waals surface area contributed by atoms with Crippen LogP contribution in [0.5, 0.6) is 0 Å². The highest BCUT2D eigenvalue weighted by Gasteiger charge is 2.29. The van der Waals surface area contributed by atoms with Crippen LogP contribution in [0.3, 0.4) is 0 Å². The van der Waals surface area contributed by atoms with Gasteiger partial charge in [-0.05, 0) is 43.0 Å². The molecule has 1 aromatic heterocycles. The summed E-state index contributed by atoms with van der Waals surface area (Å²) in [4.78, 5) is 15.0. The highest BCUT2D eigenvalue weighted by Crippen LogP contribution is 2.32. The first kappa shape index (κ1) is 11.3. The molecule has 0 spiro atoms. The summed E-state index contributed by atoms with van der Waals surface area (Å²) in [6.07, 6.45) is 4.64. The molecule has 2 aromatic rings. The fourth-order valence-electron chi connectivity index (χ4n) is 2.25. The lowest BCUT2D eigenvalue weighted by Gasteiger charge is -2.10. The van der Waals surface area contributed by atoms with E-state index < -0.39 is 0 Å². The number of aromatic amines is 1. The van der Waals surface area contributed by atoms with Crippen molar-refractivity contribution in [3.8, 4) is 0 Å². The zero-order chi connectivity index (χ0) is 12.5. The lowest BCUT2D eigenvalue weighted by atomic mass is 10.1. The van der Waals surface area contributed by atoms with Crippen LogP contribution in [0, 0.1) is 5.92 Å². The molecule has 1 aromatic carbocycles. The van der Waals surface area contributed by atoms with Gasteiger partial charge in [-0.1, -0.05) is 0 Å². The highest BCUT2D eigenvalue weighted by molar-refractivity contribution is 5.94. The molecule has 1 aliphatic carbocycles. The second-order valence-corrected chi connectivity index (χ2v) is 5.03. The lowest BCUT2D eigenvalue weighted by molar-refractivity contribution is -0.116. The zero-order valence-electron chi connectivity index (χ0n) is 10.1. The standard InChI is InChI=1S/C14H17N3O/c15-12(9-1-2-9)8-14(18)17-11-3-4-13-10(7-11)5-6-16-13/h3-7,9,12,16H,1-2,8,15H2,(H,17,18). The van der Waals surface area contributed by atoms with E-state index in [0.717, 1.165) is 16.6 Å². The van der Waals surface area contributed by atoms with Gasteiger partial charge in [0.05, 0.1) is 0 Å². The minimum atomic E-state index is 0.00397. The van der Waals surface area contributed by atoms with E-state index in [1.54, 1.807) is 0 Å². The van der Waals surface area contributed by atoms with Gasteiger partial charge >= 0.3 is 0 Å². The predicted octanol–water partition coefficient (Wildman–Crippen LogP) is 2.23. The molecule has 0 saturated heterocycles. The first-order valence-electron chi connectivity index (χ1n) is 6.35. The third-order valence-electron chi connectivity index (χ3n) is 3.49. The second-order valence-electron chi connectivity index (χ2n) is 5.03. The van der Waals surface area contributed by atoms with E-state index in [0.29, 0.717) is 12.3 Å². The molecule has 1 unspecified atom stereocenters. The summed E-state index contributed by atoms with van der Waals surface area (Å²) in [6.45, 7) is 0. The van der Waals surface area contributed by atoms with Crippen molar-refractivity contribution in [3.05, 3.63) is 30.5 Å². The molecule has 3 rings (SSSR count). The van der Waals surface area contributed by atoms with Gasteiger partial charge in [-0.2, -0.15) is 0 Å². The Morgan fingerprint density at radius 3 is 3.06 bits per heavy atom. The van der Waals surface area contributed by atoms with Crippen molar-refractivity contribution in [1.29, 1.82) is 0 Å². The number of benzene rings is 1. The monoisotopic (exact) mass is 243 g/mol. The average molecular weight is 243 g/mol. The smallest absolute Gasteiger partial charge is 0.225 e. The van der Waals surface area contributed by atoms with E-state index >= 15 is 0 Å². The number of nitrogens with two attached hydrogens (primary N) is 1. The van der Waals surface area contributed by atoms with Gasteiger partial charge in [-0.3, -0.25) is 4.79 Å². The van der Waals surface area contributed by atoms with E-state index in [1.807, 2.05) is 30.5 Å². The SMILES string of the molecule is NC(CC(=O)Nc1ccc2[nH]ccc2c1)C1CC1. The third-order valence-corrected chi connectivity index (χ3v) is 3.49. The van der Waals surface area contributed by atoms with Crippen LogP contribution in [0.2, 0.25) is 0 Å². The molecular formula is C14H17N3O. The predicted molar refractivity (Wildman–Crippen MR) is 72.2 cm³/mol. The summed E-state index contributed by atoms with van der Waals surface area (Å²) in [6, 6.07) is 7.83. The van der Waals surface area contributed by atoms with Gasteiger partial charge in [-0.25, -0.2) is 0 Å². The van der Waals surface area contributed by atoms with Crippen LogP contribution < -0.4 is 11.1 Å². The summed E-state index contributed by atoms with van der Waals surface area (Å²) < 4.78 is 0. The Bertz CT molecular complexity index is 571. The fraction of sp³-hybridized carbons (Fsp3) is 0.357. The van der Waals surface area contributed by atoms with Gasteiger partial charge in [0.25, 0.3) is 0 Å².